The van der Waals surface area contributed by atoms with Gasteiger partial charge in [-0.2, -0.15) is 0 Å². The zero-order chi connectivity index (χ0) is 22.7. The Hall–Kier alpha value is -3.93. The van der Waals surface area contributed by atoms with E-state index >= 15 is 0 Å². The van der Waals surface area contributed by atoms with E-state index in [9.17, 15) is 14.4 Å². The molecule has 0 fully saturated rings. The van der Waals surface area contributed by atoms with E-state index in [1.807, 2.05) is 78.9 Å². The van der Waals surface area contributed by atoms with E-state index in [2.05, 4.69) is 10.6 Å². The van der Waals surface area contributed by atoms with Crippen molar-refractivity contribution in [1.82, 2.24) is 10.6 Å². The van der Waals surface area contributed by atoms with Crippen molar-refractivity contribution in [3.05, 3.63) is 95.6 Å². The molecule has 0 bridgehead atoms. The number of carbonyl (C=O) groups is 3. The maximum atomic E-state index is 13.2. The van der Waals surface area contributed by atoms with E-state index < -0.39 is 29.8 Å². The van der Waals surface area contributed by atoms with Crippen molar-refractivity contribution in [2.75, 3.05) is 0 Å². The van der Waals surface area contributed by atoms with Gasteiger partial charge in [0.1, 0.15) is 12.1 Å². The molecule has 0 radical (unpaired) electrons. The van der Waals surface area contributed by atoms with Crippen molar-refractivity contribution in [2.45, 2.75) is 31.3 Å². The van der Waals surface area contributed by atoms with E-state index in [0.717, 1.165) is 27.8 Å². The van der Waals surface area contributed by atoms with Crippen LogP contribution in [0.15, 0.2) is 78.9 Å². The Labute approximate surface area is 186 Å². The fourth-order valence-corrected chi connectivity index (χ4v) is 4.43. The Morgan fingerprint density at radius 2 is 1.34 bits per heavy atom. The molecule has 4 N–H and O–H groups in total. The summed E-state index contributed by atoms with van der Waals surface area (Å²) in [5.74, 6) is -1.81. The molecule has 3 aromatic carbocycles. The smallest absolute Gasteiger partial charge is 0.243 e. The van der Waals surface area contributed by atoms with Crippen LogP contribution in [-0.4, -0.2) is 29.8 Å². The minimum absolute atomic E-state index is 0.301. The van der Waals surface area contributed by atoms with Crippen LogP contribution in [0.5, 0.6) is 0 Å². The molecule has 2 atom stereocenters. The third-order valence-corrected chi connectivity index (χ3v) is 5.80. The van der Waals surface area contributed by atoms with Crippen LogP contribution in [0.25, 0.3) is 11.1 Å². The molecule has 0 aromatic heterocycles. The van der Waals surface area contributed by atoms with Crippen molar-refractivity contribution < 1.29 is 14.4 Å². The van der Waals surface area contributed by atoms with Crippen molar-refractivity contribution in [1.29, 1.82) is 0 Å². The molecule has 0 saturated heterocycles. The molecule has 1 aliphatic rings. The summed E-state index contributed by atoms with van der Waals surface area (Å²) < 4.78 is 0. The number of amides is 3. The molecule has 6 heteroatoms. The van der Waals surface area contributed by atoms with Gasteiger partial charge in [0.25, 0.3) is 0 Å². The third-order valence-electron chi connectivity index (χ3n) is 5.80. The minimum atomic E-state index is -0.959. The Kier molecular flexibility index (Phi) is 6.03. The van der Waals surface area contributed by atoms with Crippen LogP contribution in [0.4, 0.5) is 0 Å². The number of benzene rings is 3. The van der Waals surface area contributed by atoms with Gasteiger partial charge < -0.3 is 16.4 Å². The Bertz CT molecular complexity index is 1110. The quantitative estimate of drug-likeness (QED) is 0.540. The maximum absolute atomic E-state index is 13.2. The lowest BCUT2D eigenvalue weighted by Crippen LogP contribution is -2.55. The van der Waals surface area contributed by atoms with Gasteiger partial charge in [-0.1, -0.05) is 78.9 Å². The average Bonchev–Trinajstić information content (AvgIpc) is 3.11. The van der Waals surface area contributed by atoms with Crippen LogP contribution in [-0.2, 0) is 20.8 Å². The summed E-state index contributed by atoms with van der Waals surface area (Å²) in [7, 11) is 0. The molecule has 0 aliphatic heterocycles. The molecular weight excluding hydrogens is 402 g/mol. The normalized spacial score (nSPS) is 14.0. The van der Waals surface area contributed by atoms with Gasteiger partial charge in [-0.15, -0.1) is 0 Å². The van der Waals surface area contributed by atoms with Gasteiger partial charge in [-0.25, -0.2) is 0 Å². The lowest BCUT2D eigenvalue weighted by molar-refractivity contribution is -0.131. The highest BCUT2D eigenvalue weighted by molar-refractivity contribution is 5.94. The van der Waals surface area contributed by atoms with Crippen LogP contribution in [0.1, 0.15) is 29.5 Å². The molecule has 0 heterocycles. The fraction of sp³-hybridized carbons (Fsp3) is 0.192. The highest BCUT2D eigenvalue weighted by Gasteiger charge is 2.38. The van der Waals surface area contributed by atoms with Crippen LogP contribution in [0, 0.1) is 0 Å². The molecule has 32 heavy (non-hydrogen) atoms. The van der Waals surface area contributed by atoms with Crippen molar-refractivity contribution in [2.24, 2.45) is 5.73 Å². The van der Waals surface area contributed by atoms with Crippen molar-refractivity contribution >= 4 is 17.7 Å². The summed E-state index contributed by atoms with van der Waals surface area (Å²) >= 11 is 0. The molecule has 6 nitrogen and oxygen atoms in total. The Morgan fingerprint density at radius 1 is 0.812 bits per heavy atom. The number of primary amides is 1. The third kappa shape index (κ3) is 4.25. The van der Waals surface area contributed by atoms with E-state index in [1.165, 1.54) is 6.92 Å². The zero-order valence-electron chi connectivity index (χ0n) is 17.7. The van der Waals surface area contributed by atoms with E-state index in [1.54, 1.807) is 0 Å². The molecule has 1 aliphatic carbocycles. The van der Waals surface area contributed by atoms with Crippen molar-refractivity contribution in [3.8, 4) is 11.1 Å². The highest BCUT2D eigenvalue weighted by atomic mass is 16.2. The predicted molar refractivity (Wildman–Crippen MR) is 123 cm³/mol. The first-order chi connectivity index (χ1) is 15.5. The van der Waals surface area contributed by atoms with Crippen molar-refractivity contribution in [3.63, 3.8) is 0 Å². The Morgan fingerprint density at radius 3 is 1.88 bits per heavy atom. The number of hydrogen-bond donors (Lipinski definition) is 3. The van der Waals surface area contributed by atoms with Crippen LogP contribution < -0.4 is 16.4 Å². The van der Waals surface area contributed by atoms with Gasteiger partial charge in [-0.05, 0) is 27.8 Å². The van der Waals surface area contributed by atoms with Crippen LogP contribution in [0.2, 0.25) is 0 Å². The molecule has 0 spiro atoms. The fourth-order valence-electron chi connectivity index (χ4n) is 4.43. The summed E-state index contributed by atoms with van der Waals surface area (Å²) in [5.41, 5.74) is 10.6. The standard InChI is InChI=1S/C26H25N3O3/c1-16(30)28-22(15-17-9-3-2-4-10-17)26(32)29-24(25(27)31)23-20-13-7-5-11-18(20)19-12-6-8-14-21(19)23/h2-14,22-24H,15H2,1H3,(H2,27,31)(H,28,30)(H,29,32)/t22-,24+/m1/s1. The number of nitrogens with one attached hydrogen (secondary N) is 2. The van der Waals surface area contributed by atoms with Gasteiger partial charge in [-0.3, -0.25) is 14.4 Å². The first kappa shape index (κ1) is 21.3. The van der Waals surface area contributed by atoms with Gasteiger partial charge in [0.05, 0.1) is 0 Å². The summed E-state index contributed by atoms with van der Waals surface area (Å²) in [4.78, 5) is 37.6. The second kappa shape index (κ2) is 9.06. The van der Waals surface area contributed by atoms with Gasteiger partial charge >= 0.3 is 0 Å². The lowest BCUT2D eigenvalue weighted by atomic mass is 9.88. The average molecular weight is 428 g/mol. The van der Waals surface area contributed by atoms with Gasteiger partial charge in [0.15, 0.2) is 0 Å². The Balaban J connectivity index is 1.65. The van der Waals surface area contributed by atoms with E-state index in [-0.39, 0.29) is 5.91 Å². The second-order valence-corrected chi connectivity index (χ2v) is 7.98. The molecule has 3 aromatic rings. The number of carbonyl (C=O) groups excluding carboxylic acids is 3. The highest BCUT2D eigenvalue weighted by Crippen LogP contribution is 2.46. The van der Waals surface area contributed by atoms with E-state index in [4.69, 9.17) is 5.73 Å². The zero-order valence-corrected chi connectivity index (χ0v) is 17.7. The summed E-state index contributed by atoms with van der Waals surface area (Å²) in [6.07, 6.45) is 0.301. The molecule has 162 valence electrons. The predicted octanol–water partition coefficient (Wildman–Crippen LogP) is 2.52. The van der Waals surface area contributed by atoms with Crippen LogP contribution >= 0.6 is 0 Å². The molecular formula is C26H25N3O3. The number of hydrogen-bond acceptors (Lipinski definition) is 3. The molecule has 4 rings (SSSR count). The topological polar surface area (TPSA) is 101 Å². The van der Waals surface area contributed by atoms with E-state index in [0.29, 0.717) is 6.42 Å². The first-order valence-corrected chi connectivity index (χ1v) is 10.5. The summed E-state index contributed by atoms with van der Waals surface area (Å²) in [5, 5.41) is 5.54. The van der Waals surface area contributed by atoms with Gasteiger partial charge in [0.2, 0.25) is 17.7 Å². The van der Waals surface area contributed by atoms with Crippen LogP contribution in [0.3, 0.4) is 0 Å². The molecule has 3 amide bonds. The lowest BCUT2D eigenvalue weighted by Gasteiger charge is -2.26. The maximum Gasteiger partial charge on any atom is 0.243 e. The number of fused-ring (bicyclic) bond motifs is 3. The summed E-state index contributed by atoms with van der Waals surface area (Å²) in [6.45, 7) is 1.36. The molecule has 0 unspecified atom stereocenters. The monoisotopic (exact) mass is 427 g/mol. The number of nitrogens with two attached hydrogens (primary N) is 1. The second-order valence-electron chi connectivity index (χ2n) is 7.98. The first-order valence-electron chi connectivity index (χ1n) is 10.5. The number of rotatable bonds is 7. The SMILES string of the molecule is CC(=O)N[C@H](Cc1ccccc1)C(=O)N[C@H](C(N)=O)C1c2ccccc2-c2ccccc21. The van der Waals surface area contributed by atoms with Gasteiger partial charge in [0, 0.05) is 19.3 Å². The largest absolute Gasteiger partial charge is 0.368 e. The summed E-state index contributed by atoms with van der Waals surface area (Å²) in [6, 6.07) is 23.2. The molecule has 0 saturated carbocycles. The minimum Gasteiger partial charge on any atom is -0.368 e.